The van der Waals surface area contributed by atoms with Crippen LogP contribution in [0.4, 0.5) is 5.69 Å². The molecule has 4 heteroatoms. The van der Waals surface area contributed by atoms with Crippen molar-refractivity contribution in [3.05, 3.63) is 65.7 Å². The summed E-state index contributed by atoms with van der Waals surface area (Å²) in [4.78, 5) is 27.5. The van der Waals surface area contributed by atoms with E-state index in [2.05, 4.69) is 5.32 Å². The number of anilines is 1. The molecule has 130 valence electrons. The number of para-hydroxylation sites is 1. The van der Waals surface area contributed by atoms with Gasteiger partial charge in [-0.05, 0) is 37.5 Å². The first kappa shape index (κ1) is 17.2. The quantitative estimate of drug-likeness (QED) is 0.912. The molecule has 2 aromatic rings. The van der Waals surface area contributed by atoms with Crippen molar-refractivity contribution in [1.29, 1.82) is 0 Å². The first-order chi connectivity index (χ1) is 11.9. The number of carbonyl (C=O) groups excluding carboxylic acids is 2. The molecule has 0 spiro atoms. The van der Waals surface area contributed by atoms with E-state index >= 15 is 0 Å². The molecule has 0 bridgehead atoms. The van der Waals surface area contributed by atoms with E-state index in [-0.39, 0.29) is 24.3 Å². The summed E-state index contributed by atoms with van der Waals surface area (Å²) < 4.78 is 0. The van der Waals surface area contributed by atoms with Crippen molar-refractivity contribution in [3.8, 4) is 0 Å². The Morgan fingerprint density at radius 1 is 1.08 bits per heavy atom. The minimum atomic E-state index is -0.855. The summed E-state index contributed by atoms with van der Waals surface area (Å²) in [5, 5.41) is 2.94. The molecule has 0 unspecified atom stereocenters. The molecule has 1 heterocycles. The molecular formula is C21H24N2O2. The molecule has 25 heavy (non-hydrogen) atoms. The van der Waals surface area contributed by atoms with Crippen LogP contribution in [0.5, 0.6) is 0 Å². The lowest BCUT2D eigenvalue weighted by molar-refractivity contribution is -0.129. The number of nitrogens with one attached hydrogen (secondary N) is 1. The Hall–Kier alpha value is -2.62. The average Bonchev–Trinajstić information content (AvgIpc) is 2.78. The molecule has 1 aliphatic heterocycles. The van der Waals surface area contributed by atoms with E-state index in [1.807, 2.05) is 68.4 Å². The predicted octanol–water partition coefficient (Wildman–Crippen LogP) is 3.06. The second-order valence-electron chi connectivity index (χ2n) is 7.02. The Bertz CT molecular complexity index is 785. The van der Waals surface area contributed by atoms with E-state index < -0.39 is 5.41 Å². The van der Waals surface area contributed by atoms with Gasteiger partial charge in [0.1, 0.15) is 0 Å². The van der Waals surface area contributed by atoms with Crippen molar-refractivity contribution in [2.24, 2.45) is 0 Å². The first-order valence-electron chi connectivity index (χ1n) is 8.65. The number of hydrogen-bond donors (Lipinski definition) is 1. The Labute approximate surface area is 148 Å². The van der Waals surface area contributed by atoms with Gasteiger partial charge < -0.3 is 10.2 Å². The van der Waals surface area contributed by atoms with Crippen molar-refractivity contribution in [2.75, 3.05) is 11.9 Å². The fourth-order valence-corrected chi connectivity index (χ4v) is 3.71. The largest absolute Gasteiger partial charge is 0.354 e. The van der Waals surface area contributed by atoms with E-state index in [1.165, 1.54) is 0 Å². The van der Waals surface area contributed by atoms with Crippen LogP contribution in [-0.4, -0.2) is 24.9 Å². The maximum Gasteiger partial charge on any atom is 0.238 e. The third-order valence-electron chi connectivity index (χ3n) is 4.76. The minimum absolute atomic E-state index is 0.0172. The molecule has 1 N–H and O–H groups in total. The summed E-state index contributed by atoms with van der Waals surface area (Å²) in [7, 11) is 1.79. The minimum Gasteiger partial charge on any atom is -0.354 e. The van der Waals surface area contributed by atoms with Gasteiger partial charge in [-0.25, -0.2) is 0 Å². The second-order valence-corrected chi connectivity index (χ2v) is 7.02. The van der Waals surface area contributed by atoms with Crippen LogP contribution in [0.2, 0.25) is 0 Å². The molecule has 0 radical (unpaired) electrons. The molecule has 4 nitrogen and oxygen atoms in total. The van der Waals surface area contributed by atoms with Crippen LogP contribution in [0.1, 0.15) is 31.4 Å². The molecule has 0 saturated carbocycles. The Balaban J connectivity index is 2.06. The molecule has 0 saturated heterocycles. The maximum absolute atomic E-state index is 13.3. The fraction of sp³-hybridized carbons (Fsp3) is 0.333. The number of rotatable bonds is 5. The number of nitrogens with zero attached hydrogens (tertiary/aromatic N) is 1. The van der Waals surface area contributed by atoms with Gasteiger partial charge in [0, 0.05) is 25.2 Å². The van der Waals surface area contributed by atoms with Crippen LogP contribution in [0.3, 0.4) is 0 Å². The monoisotopic (exact) mass is 336 g/mol. The highest BCUT2D eigenvalue weighted by Gasteiger charge is 2.50. The third-order valence-corrected chi connectivity index (χ3v) is 4.76. The zero-order valence-corrected chi connectivity index (χ0v) is 15.0. The Morgan fingerprint density at radius 2 is 1.72 bits per heavy atom. The fourth-order valence-electron chi connectivity index (χ4n) is 3.71. The highest BCUT2D eigenvalue weighted by molar-refractivity contribution is 6.09. The van der Waals surface area contributed by atoms with E-state index in [9.17, 15) is 9.59 Å². The van der Waals surface area contributed by atoms with E-state index in [0.29, 0.717) is 6.42 Å². The number of likely N-dealkylation sites (N-methyl/N-ethyl adjacent to an activating group) is 1. The zero-order chi connectivity index (χ0) is 18.0. The van der Waals surface area contributed by atoms with E-state index in [4.69, 9.17) is 0 Å². The Kier molecular flexibility index (Phi) is 4.62. The lowest BCUT2D eigenvalue weighted by atomic mass is 9.73. The van der Waals surface area contributed by atoms with Gasteiger partial charge in [-0.3, -0.25) is 9.59 Å². The number of carbonyl (C=O) groups is 2. The lowest BCUT2D eigenvalue weighted by Gasteiger charge is -2.28. The smallest absolute Gasteiger partial charge is 0.238 e. The number of hydrogen-bond acceptors (Lipinski definition) is 2. The molecule has 3 rings (SSSR count). The zero-order valence-electron chi connectivity index (χ0n) is 15.0. The molecule has 2 amide bonds. The van der Waals surface area contributed by atoms with Crippen molar-refractivity contribution >= 4 is 17.5 Å². The van der Waals surface area contributed by atoms with Gasteiger partial charge in [-0.15, -0.1) is 0 Å². The van der Waals surface area contributed by atoms with Gasteiger partial charge >= 0.3 is 0 Å². The third kappa shape index (κ3) is 3.16. The average molecular weight is 336 g/mol. The molecule has 1 atom stereocenters. The van der Waals surface area contributed by atoms with Gasteiger partial charge in [0.2, 0.25) is 11.8 Å². The molecule has 2 aromatic carbocycles. The van der Waals surface area contributed by atoms with Crippen LogP contribution in [-0.2, 0) is 21.4 Å². The molecule has 0 aromatic heterocycles. The normalized spacial score (nSPS) is 19.2. The van der Waals surface area contributed by atoms with Gasteiger partial charge in [-0.1, -0.05) is 48.5 Å². The van der Waals surface area contributed by atoms with Gasteiger partial charge in [-0.2, -0.15) is 0 Å². The Morgan fingerprint density at radius 3 is 2.40 bits per heavy atom. The number of amides is 2. The van der Waals surface area contributed by atoms with Gasteiger partial charge in [0.25, 0.3) is 0 Å². The second kappa shape index (κ2) is 6.71. The van der Waals surface area contributed by atoms with Crippen molar-refractivity contribution in [3.63, 3.8) is 0 Å². The van der Waals surface area contributed by atoms with Crippen LogP contribution >= 0.6 is 0 Å². The summed E-state index contributed by atoms with van der Waals surface area (Å²) in [6.07, 6.45) is 0.666. The first-order valence-corrected chi connectivity index (χ1v) is 8.65. The summed E-state index contributed by atoms with van der Waals surface area (Å²) in [6.45, 7) is 3.86. The number of fused-ring (bicyclic) bond motifs is 1. The summed E-state index contributed by atoms with van der Waals surface area (Å²) in [5.41, 5.74) is 2.02. The van der Waals surface area contributed by atoms with Crippen LogP contribution in [0.15, 0.2) is 54.6 Å². The SMILES string of the molecule is CC(C)NC(=O)C[C@]1(Cc2ccccc2)C(=O)N(C)c2ccccc21. The van der Waals surface area contributed by atoms with Gasteiger partial charge in [0.05, 0.1) is 5.41 Å². The standard InChI is InChI=1S/C21H24N2O2/c1-15(2)22-19(24)14-21(13-16-9-5-4-6-10-16)17-11-7-8-12-18(17)23(3)20(21)25/h4-12,15H,13-14H2,1-3H3,(H,22,24)/t21-/m0/s1. The van der Waals surface area contributed by atoms with Gasteiger partial charge in [0.15, 0.2) is 0 Å². The summed E-state index contributed by atoms with van der Waals surface area (Å²) in [6, 6.07) is 17.7. The number of benzene rings is 2. The molecular weight excluding hydrogens is 312 g/mol. The predicted molar refractivity (Wildman–Crippen MR) is 99.6 cm³/mol. The molecule has 1 aliphatic rings. The van der Waals surface area contributed by atoms with Crippen molar-refractivity contribution < 1.29 is 9.59 Å². The van der Waals surface area contributed by atoms with Crippen LogP contribution < -0.4 is 10.2 Å². The summed E-state index contributed by atoms with van der Waals surface area (Å²) >= 11 is 0. The topological polar surface area (TPSA) is 49.4 Å². The maximum atomic E-state index is 13.3. The summed E-state index contributed by atoms with van der Waals surface area (Å²) in [5.74, 6) is -0.110. The van der Waals surface area contributed by atoms with Crippen molar-refractivity contribution in [1.82, 2.24) is 5.32 Å². The molecule has 0 aliphatic carbocycles. The van der Waals surface area contributed by atoms with E-state index in [0.717, 1.165) is 16.8 Å². The van der Waals surface area contributed by atoms with E-state index in [1.54, 1.807) is 11.9 Å². The molecule has 0 fully saturated rings. The highest BCUT2D eigenvalue weighted by atomic mass is 16.2. The lowest BCUT2D eigenvalue weighted by Crippen LogP contribution is -2.45. The van der Waals surface area contributed by atoms with Crippen LogP contribution in [0.25, 0.3) is 0 Å². The van der Waals surface area contributed by atoms with Crippen LogP contribution in [0, 0.1) is 0 Å². The van der Waals surface area contributed by atoms with Crippen molar-refractivity contribution in [2.45, 2.75) is 38.1 Å². The highest BCUT2D eigenvalue weighted by Crippen LogP contribution is 2.45.